The van der Waals surface area contributed by atoms with Gasteiger partial charge in [-0.15, -0.1) is 0 Å². The van der Waals surface area contributed by atoms with Crippen molar-refractivity contribution in [2.24, 2.45) is 0 Å². The average Bonchev–Trinajstić information content (AvgIpc) is 3.02. The molecule has 1 fully saturated rings. The molecule has 2 aliphatic heterocycles. The molecule has 2 aliphatic rings. The van der Waals surface area contributed by atoms with Gasteiger partial charge >= 0.3 is 0 Å². The number of β-amino-alcohol motifs (C(OH)–C–C–N with tert-alkyl or cyclic N) is 1. The van der Waals surface area contributed by atoms with Crippen molar-refractivity contribution in [3.8, 4) is 22.6 Å². The summed E-state index contributed by atoms with van der Waals surface area (Å²) in [4.78, 5) is 37.5. The summed E-state index contributed by atoms with van der Waals surface area (Å²) in [5.41, 5.74) is -0.665. The SMILES string of the molecule is C=CC(=O)N1C[C@@H]2CN(CCO)c3c(c4cc(F)c(-c5c(O)cccc5F)c(F)c4n(-c4c(C)ccnc4C(C)C)c3=O)N2C[C@H]1C. The van der Waals surface area contributed by atoms with Crippen molar-refractivity contribution in [1.29, 1.82) is 0 Å². The van der Waals surface area contributed by atoms with Crippen LogP contribution in [0.4, 0.5) is 24.5 Å². The van der Waals surface area contributed by atoms with Gasteiger partial charge in [0.1, 0.15) is 23.1 Å². The predicted molar refractivity (Wildman–Crippen MR) is 175 cm³/mol. The fraction of sp³-hybridized carbons (Fsp3) is 0.343. The van der Waals surface area contributed by atoms with Gasteiger partial charge in [-0.05, 0) is 55.7 Å². The topological polar surface area (TPSA) is 102 Å². The lowest BCUT2D eigenvalue weighted by molar-refractivity contribution is -0.128. The van der Waals surface area contributed by atoms with Crippen molar-refractivity contribution in [3.63, 3.8) is 0 Å². The van der Waals surface area contributed by atoms with Crippen LogP contribution in [-0.4, -0.2) is 75.4 Å². The molecule has 2 aromatic heterocycles. The number of phenols is 1. The number of anilines is 2. The van der Waals surface area contributed by atoms with Crippen LogP contribution in [0.1, 0.15) is 37.9 Å². The van der Waals surface area contributed by atoms with Gasteiger partial charge in [0.05, 0.1) is 46.4 Å². The first-order valence-electron chi connectivity index (χ1n) is 15.5. The summed E-state index contributed by atoms with van der Waals surface area (Å²) in [6.07, 6.45) is 2.82. The van der Waals surface area contributed by atoms with E-state index in [9.17, 15) is 19.8 Å². The summed E-state index contributed by atoms with van der Waals surface area (Å²) in [5.74, 6) is -4.56. The second-order valence-corrected chi connectivity index (χ2v) is 12.5. The first-order chi connectivity index (χ1) is 22.4. The summed E-state index contributed by atoms with van der Waals surface area (Å²) < 4.78 is 49.9. The Morgan fingerprint density at radius 1 is 1.09 bits per heavy atom. The van der Waals surface area contributed by atoms with Crippen LogP contribution in [0.25, 0.3) is 27.7 Å². The first kappa shape index (κ1) is 32.1. The van der Waals surface area contributed by atoms with Crippen LogP contribution >= 0.6 is 0 Å². The molecule has 4 heterocycles. The highest BCUT2D eigenvalue weighted by atomic mass is 19.1. The number of benzene rings is 2. The lowest BCUT2D eigenvalue weighted by Crippen LogP contribution is -2.64. The van der Waals surface area contributed by atoms with E-state index in [1.165, 1.54) is 16.7 Å². The Balaban J connectivity index is 1.79. The maximum atomic E-state index is 17.3. The number of nitrogens with zero attached hydrogens (tertiary/aromatic N) is 5. The molecule has 0 bridgehead atoms. The molecule has 12 heteroatoms. The number of aliphatic hydroxyl groups excluding tert-OH is 1. The van der Waals surface area contributed by atoms with Crippen LogP contribution in [0, 0.1) is 24.4 Å². The molecule has 0 radical (unpaired) electrons. The fourth-order valence-corrected chi connectivity index (χ4v) is 7.07. The van der Waals surface area contributed by atoms with E-state index in [1.54, 1.807) is 29.0 Å². The van der Waals surface area contributed by atoms with Gasteiger partial charge in [0.25, 0.3) is 5.56 Å². The zero-order chi connectivity index (χ0) is 33.9. The van der Waals surface area contributed by atoms with Crippen LogP contribution in [0.5, 0.6) is 5.75 Å². The lowest BCUT2D eigenvalue weighted by atomic mass is 9.95. The van der Waals surface area contributed by atoms with E-state index in [-0.39, 0.29) is 72.9 Å². The van der Waals surface area contributed by atoms with Gasteiger partial charge in [-0.3, -0.25) is 19.1 Å². The minimum absolute atomic E-state index is 0.0375. The van der Waals surface area contributed by atoms with E-state index in [1.807, 2.05) is 25.7 Å². The molecule has 2 aromatic carbocycles. The predicted octanol–water partition coefficient (Wildman–Crippen LogP) is 5.01. The zero-order valence-corrected chi connectivity index (χ0v) is 26.6. The molecule has 2 N–H and O–H groups in total. The monoisotopic (exact) mass is 647 g/mol. The number of rotatable bonds is 6. The maximum absolute atomic E-state index is 17.3. The summed E-state index contributed by atoms with van der Waals surface area (Å²) in [7, 11) is 0. The molecule has 47 heavy (non-hydrogen) atoms. The molecule has 0 spiro atoms. The molecule has 4 aromatic rings. The van der Waals surface area contributed by atoms with E-state index >= 15 is 13.2 Å². The number of carbonyl (C=O) groups is 1. The Morgan fingerprint density at radius 3 is 2.49 bits per heavy atom. The smallest absolute Gasteiger partial charge is 0.281 e. The summed E-state index contributed by atoms with van der Waals surface area (Å²) in [6.45, 7) is 11.4. The largest absolute Gasteiger partial charge is 0.507 e. The van der Waals surface area contributed by atoms with Gasteiger partial charge in [0.2, 0.25) is 5.91 Å². The molecule has 6 rings (SSSR count). The van der Waals surface area contributed by atoms with E-state index in [2.05, 4.69) is 11.6 Å². The molecule has 9 nitrogen and oxygen atoms in total. The van der Waals surface area contributed by atoms with Crippen LogP contribution < -0.4 is 15.4 Å². The standard InChI is InChI=1S/C35H36F3N5O4/c1-6-26(46)41-17-21-16-40(12-13-44)34-33(42(21)15-20(41)5)22-14-24(37)28(27-23(36)8-7-9-25(27)45)29(38)32(22)43(35(34)47)31-19(4)10-11-39-30(31)18(2)3/h6-11,14,18,20-21,44-45H,1,12-13,15-17H2,2-5H3/t20-,21+/m1/s1. The molecule has 0 saturated carbocycles. The van der Waals surface area contributed by atoms with Crippen molar-refractivity contribution in [1.82, 2.24) is 14.5 Å². The zero-order valence-electron chi connectivity index (χ0n) is 26.6. The number of aryl methyl sites for hydroxylation is 1. The highest BCUT2D eigenvalue weighted by Gasteiger charge is 2.42. The van der Waals surface area contributed by atoms with Gasteiger partial charge in [0, 0.05) is 43.8 Å². The van der Waals surface area contributed by atoms with Gasteiger partial charge in [-0.1, -0.05) is 26.5 Å². The third-order valence-electron chi connectivity index (χ3n) is 9.17. The van der Waals surface area contributed by atoms with E-state index in [0.717, 1.165) is 18.2 Å². The van der Waals surface area contributed by atoms with Crippen LogP contribution in [0.15, 0.2) is 54.0 Å². The third kappa shape index (κ3) is 5.02. The Labute approximate surface area is 269 Å². The Hall–Kier alpha value is -4.84. The number of amides is 1. The number of hydrogen-bond donors (Lipinski definition) is 2. The molecule has 1 amide bonds. The van der Waals surface area contributed by atoms with Crippen molar-refractivity contribution in [2.75, 3.05) is 42.6 Å². The third-order valence-corrected chi connectivity index (χ3v) is 9.17. The lowest BCUT2D eigenvalue weighted by Gasteiger charge is -2.51. The van der Waals surface area contributed by atoms with Gasteiger partial charge in [-0.25, -0.2) is 13.2 Å². The van der Waals surface area contributed by atoms with E-state index in [4.69, 9.17) is 0 Å². The van der Waals surface area contributed by atoms with Crippen LogP contribution in [-0.2, 0) is 4.79 Å². The fourth-order valence-electron chi connectivity index (χ4n) is 7.07. The normalized spacial score (nSPS) is 17.7. The molecule has 1 saturated heterocycles. The molecule has 0 unspecified atom stereocenters. The first-order valence-corrected chi connectivity index (χ1v) is 15.5. The van der Waals surface area contributed by atoms with Gasteiger partial charge in [-0.2, -0.15) is 0 Å². The van der Waals surface area contributed by atoms with E-state index < -0.39 is 45.9 Å². The maximum Gasteiger partial charge on any atom is 0.281 e. The molecule has 2 atom stereocenters. The number of aliphatic hydroxyl groups is 1. The molecule has 246 valence electrons. The number of halogens is 3. The number of piperazine rings is 1. The van der Waals surface area contributed by atoms with Crippen LogP contribution in [0.3, 0.4) is 0 Å². The highest BCUT2D eigenvalue weighted by molar-refractivity contribution is 6.03. The molecular weight excluding hydrogens is 611 g/mol. The highest BCUT2D eigenvalue weighted by Crippen LogP contribution is 2.46. The summed E-state index contributed by atoms with van der Waals surface area (Å²) in [6, 6.07) is 5.35. The number of hydrogen-bond acceptors (Lipinski definition) is 7. The van der Waals surface area contributed by atoms with Crippen molar-refractivity contribution in [2.45, 2.75) is 45.7 Å². The van der Waals surface area contributed by atoms with Crippen molar-refractivity contribution in [3.05, 3.63) is 88.2 Å². The van der Waals surface area contributed by atoms with Gasteiger partial charge in [0.15, 0.2) is 5.82 Å². The second kappa shape index (κ2) is 12.1. The van der Waals surface area contributed by atoms with Crippen molar-refractivity contribution < 1.29 is 28.2 Å². The number of phenolic OH excluding ortho intramolecular Hbond substituents is 1. The number of carbonyl (C=O) groups excluding carboxylic acids is 1. The average molecular weight is 648 g/mol. The minimum Gasteiger partial charge on any atom is -0.507 e. The molecular formula is C35H36F3N5O4. The van der Waals surface area contributed by atoms with Gasteiger partial charge < -0.3 is 24.9 Å². The number of aromatic hydroxyl groups is 1. The number of pyridine rings is 2. The second-order valence-electron chi connectivity index (χ2n) is 12.5. The quantitative estimate of drug-likeness (QED) is 0.284. The number of aromatic nitrogens is 2. The summed E-state index contributed by atoms with van der Waals surface area (Å²) >= 11 is 0. The van der Waals surface area contributed by atoms with Crippen LogP contribution in [0.2, 0.25) is 0 Å². The molecule has 0 aliphatic carbocycles. The van der Waals surface area contributed by atoms with Crippen molar-refractivity contribution >= 4 is 28.2 Å². The number of fused-ring (bicyclic) bond motifs is 5. The minimum atomic E-state index is -1.23. The Morgan fingerprint density at radius 2 is 1.83 bits per heavy atom. The Bertz CT molecular complexity index is 1970. The summed E-state index contributed by atoms with van der Waals surface area (Å²) in [5, 5.41) is 20.7. The Kier molecular flexibility index (Phi) is 8.25. The van der Waals surface area contributed by atoms with E-state index in [0.29, 0.717) is 16.9 Å².